The van der Waals surface area contributed by atoms with Crippen molar-refractivity contribution in [2.24, 2.45) is 0 Å². The van der Waals surface area contributed by atoms with Gasteiger partial charge in [-0.1, -0.05) is 0 Å². The Hall–Kier alpha value is -1.36. The number of rotatable bonds is 1. The third kappa shape index (κ3) is 3.06. The number of thioether (sulfide) groups is 1. The first-order valence-corrected chi connectivity index (χ1v) is 6.52. The summed E-state index contributed by atoms with van der Waals surface area (Å²) in [5.41, 5.74) is 0.474. The summed E-state index contributed by atoms with van der Waals surface area (Å²) in [5.74, 6) is 2.79. The predicted octanol–water partition coefficient (Wildman–Crippen LogP) is 1.98. The lowest BCUT2D eigenvalue weighted by molar-refractivity contribution is 0.0600. The third-order valence-corrected chi connectivity index (χ3v) is 3.25. The average molecular weight is 254 g/mol. The SMILES string of the molecule is COC(=O)c1ccc2c(c1)OCCSCCO2. The summed E-state index contributed by atoms with van der Waals surface area (Å²) in [5, 5.41) is 0. The van der Waals surface area contributed by atoms with Crippen LogP contribution in [-0.2, 0) is 4.74 Å². The van der Waals surface area contributed by atoms with E-state index in [9.17, 15) is 4.79 Å². The number of hydrogen-bond acceptors (Lipinski definition) is 5. The molecular weight excluding hydrogens is 240 g/mol. The number of benzene rings is 1. The highest BCUT2D eigenvalue weighted by Crippen LogP contribution is 2.29. The molecule has 0 amide bonds. The second-order valence-corrected chi connectivity index (χ2v) is 4.69. The van der Waals surface area contributed by atoms with Gasteiger partial charge >= 0.3 is 5.97 Å². The molecule has 17 heavy (non-hydrogen) atoms. The standard InChI is InChI=1S/C12H14O4S/c1-14-12(13)9-2-3-10-11(8-9)16-5-7-17-6-4-15-10/h2-3,8H,4-7H2,1H3. The van der Waals surface area contributed by atoms with Crippen LogP contribution in [-0.4, -0.2) is 37.8 Å². The van der Waals surface area contributed by atoms with E-state index < -0.39 is 0 Å². The molecule has 1 aromatic carbocycles. The average Bonchev–Trinajstić information content (AvgIpc) is 2.48. The van der Waals surface area contributed by atoms with Crippen LogP contribution < -0.4 is 9.47 Å². The molecule has 5 heteroatoms. The van der Waals surface area contributed by atoms with Crippen molar-refractivity contribution in [2.45, 2.75) is 0 Å². The summed E-state index contributed by atoms with van der Waals surface area (Å²) in [6, 6.07) is 5.09. The van der Waals surface area contributed by atoms with Gasteiger partial charge in [-0.05, 0) is 18.2 Å². The summed E-state index contributed by atoms with van der Waals surface area (Å²) in [7, 11) is 1.36. The van der Waals surface area contributed by atoms with Crippen molar-refractivity contribution in [3.8, 4) is 11.5 Å². The van der Waals surface area contributed by atoms with E-state index in [1.807, 2.05) is 0 Å². The summed E-state index contributed by atoms with van der Waals surface area (Å²) in [6.45, 7) is 1.27. The van der Waals surface area contributed by atoms with E-state index >= 15 is 0 Å². The first kappa shape index (κ1) is 12.1. The molecule has 0 N–H and O–H groups in total. The molecule has 0 bridgehead atoms. The Morgan fingerprint density at radius 3 is 2.65 bits per heavy atom. The molecule has 0 unspecified atom stereocenters. The summed E-state index contributed by atoms with van der Waals surface area (Å²) < 4.78 is 15.8. The van der Waals surface area contributed by atoms with Gasteiger partial charge in [-0.3, -0.25) is 0 Å². The molecule has 0 atom stereocenters. The van der Waals surface area contributed by atoms with Gasteiger partial charge in [0, 0.05) is 11.5 Å². The Balaban J connectivity index is 2.25. The summed E-state index contributed by atoms with van der Waals surface area (Å²) in [6.07, 6.45) is 0. The van der Waals surface area contributed by atoms with Crippen molar-refractivity contribution in [2.75, 3.05) is 31.8 Å². The van der Waals surface area contributed by atoms with Crippen LogP contribution in [0.25, 0.3) is 0 Å². The highest BCUT2D eigenvalue weighted by atomic mass is 32.2. The number of hydrogen-bond donors (Lipinski definition) is 0. The summed E-state index contributed by atoms with van der Waals surface area (Å²) in [4.78, 5) is 11.4. The van der Waals surface area contributed by atoms with Crippen LogP contribution in [0.3, 0.4) is 0 Å². The fourth-order valence-electron chi connectivity index (χ4n) is 1.51. The van der Waals surface area contributed by atoms with Gasteiger partial charge in [-0.15, -0.1) is 0 Å². The number of carbonyl (C=O) groups excluding carboxylic acids is 1. The minimum atomic E-state index is -0.370. The zero-order valence-electron chi connectivity index (χ0n) is 9.60. The highest BCUT2D eigenvalue weighted by molar-refractivity contribution is 7.99. The van der Waals surface area contributed by atoms with E-state index in [0.717, 1.165) is 11.5 Å². The number of methoxy groups -OCH3 is 1. The van der Waals surface area contributed by atoms with Crippen molar-refractivity contribution in [3.05, 3.63) is 23.8 Å². The van der Waals surface area contributed by atoms with Gasteiger partial charge in [0.1, 0.15) is 0 Å². The van der Waals surface area contributed by atoms with Gasteiger partial charge in [0.05, 0.1) is 25.9 Å². The van der Waals surface area contributed by atoms with Crippen LogP contribution in [0.1, 0.15) is 10.4 Å². The second kappa shape index (κ2) is 5.82. The molecule has 0 fully saturated rings. The maximum absolute atomic E-state index is 11.4. The lowest BCUT2D eigenvalue weighted by atomic mass is 10.2. The molecule has 1 aliphatic heterocycles. The molecule has 0 saturated carbocycles. The van der Waals surface area contributed by atoms with Crippen molar-refractivity contribution >= 4 is 17.7 Å². The van der Waals surface area contributed by atoms with E-state index in [-0.39, 0.29) is 5.97 Å². The van der Waals surface area contributed by atoms with Crippen LogP contribution in [0.5, 0.6) is 11.5 Å². The molecule has 0 aliphatic carbocycles. The molecule has 0 saturated heterocycles. The topological polar surface area (TPSA) is 44.8 Å². The van der Waals surface area contributed by atoms with E-state index in [0.29, 0.717) is 30.3 Å². The van der Waals surface area contributed by atoms with E-state index in [1.165, 1.54) is 7.11 Å². The van der Waals surface area contributed by atoms with E-state index in [2.05, 4.69) is 4.74 Å². The van der Waals surface area contributed by atoms with Gasteiger partial charge in [0.2, 0.25) is 0 Å². The Bertz CT molecular complexity index is 405. The molecule has 0 spiro atoms. The first-order valence-electron chi connectivity index (χ1n) is 5.37. The quantitative estimate of drug-likeness (QED) is 0.717. The molecule has 0 aromatic heterocycles. The number of esters is 1. The highest BCUT2D eigenvalue weighted by Gasteiger charge is 2.13. The van der Waals surface area contributed by atoms with Crippen LogP contribution in [0.2, 0.25) is 0 Å². The van der Waals surface area contributed by atoms with Gasteiger partial charge in [-0.25, -0.2) is 4.79 Å². The molecule has 0 radical (unpaired) electrons. The maximum Gasteiger partial charge on any atom is 0.337 e. The lowest BCUT2D eigenvalue weighted by Gasteiger charge is -2.11. The maximum atomic E-state index is 11.4. The monoisotopic (exact) mass is 254 g/mol. The normalized spacial score (nSPS) is 15.4. The number of ether oxygens (including phenoxy) is 3. The van der Waals surface area contributed by atoms with Crippen LogP contribution in [0.15, 0.2) is 18.2 Å². The van der Waals surface area contributed by atoms with Crippen LogP contribution in [0, 0.1) is 0 Å². The van der Waals surface area contributed by atoms with Crippen molar-refractivity contribution in [1.82, 2.24) is 0 Å². The molecule has 1 heterocycles. The number of fused-ring (bicyclic) bond motifs is 1. The van der Waals surface area contributed by atoms with Crippen molar-refractivity contribution in [3.63, 3.8) is 0 Å². The van der Waals surface area contributed by atoms with Crippen LogP contribution >= 0.6 is 11.8 Å². The largest absolute Gasteiger partial charge is 0.489 e. The first-order chi connectivity index (χ1) is 8.31. The van der Waals surface area contributed by atoms with Gasteiger partial charge < -0.3 is 14.2 Å². The summed E-state index contributed by atoms with van der Waals surface area (Å²) >= 11 is 1.79. The fraction of sp³-hybridized carbons (Fsp3) is 0.417. The predicted molar refractivity (Wildman–Crippen MR) is 66.1 cm³/mol. The Morgan fingerprint density at radius 2 is 1.94 bits per heavy atom. The van der Waals surface area contributed by atoms with Gasteiger partial charge in [0.15, 0.2) is 11.5 Å². The zero-order chi connectivity index (χ0) is 12.1. The molecule has 1 aliphatic rings. The lowest BCUT2D eigenvalue weighted by Crippen LogP contribution is -2.05. The van der Waals surface area contributed by atoms with E-state index in [1.54, 1.807) is 30.0 Å². The molecule has 92 valence electrons. The van der Waals surface area contributed by atoms with Crippen molar-refractivity contribution < 1.29 is 19.0 Å². The fourth-order valence-corrected chi connectivity index (χ4v) is 2.11. The third-order valence-electron chi connectivity index (χ3n) is 2.34. The van der Waals surface area contributed by atoms with Crippen molar-refractivity contribution in [1.29, 1.82) is 0 Å². The minimum absolute atomic E-state index is 0.370. The van der Waals surface area contributed by atoms with Gasteiger partial charge in [0.25, 0.3) is 0 Å². The Labute approximate surface area is 104 Å². The molecule has 2 rings (SSSR count). The molecule has 4 nitrogen and oxygen atoms in total. The number of carbonyl (C=O) groups is 1. The van der Waals surface area contributed by atoms with Gasteiger partial charge in [-0.2, -0.15) is 11.8 Å². The zero-order valence-corrected chi connectivity index (χ0v) is 10.4. The second-order valence-electron chi connectivity index (χ2n) is 3.46. The Morgan fingerprint density at radius 1 is 1.24 bits per heavy atom. The minimum Gasteiger partial charge on any atom is -0.489 e. The Kier molecular flexibility index (Phi) is 4.14. The van der Waals surface area contributed by atoms with Crippen LogP contribution in [0.4, 0.5) is 0 Å². The molecular formula is C12H14O4S. The smallest absolute Gasteiger partial charge is 0.337 e. The van der Waals surface area contributed by atoms with E-state index in [4.69, 9.17) is 9.47 Å². The molecule has 1 aromatic rings.